The van der Waals surface area contributed by atoms with Crippen LogP contribution < -0.4 is 5.32 Å². The predicted molar refractivity (Wildman–Crippen MR) is 94.4 cm³/mol. The van der Waals surface area contributed by atoms with Gasteiger partial charge in [-0.25, -0.2) is 15.0 Å². The Kier molecular flexibility index (Phi) is 4.65. The standard InChI is InChI=1S/C18H26N6O/c1-11-22-17(24-23-11)12-7-13(16(25)8-12)9-19-18-14-5-3-2-4-6-15(14)20-10-21-18/h10,12-13,16,25H,2-9H2,1H3,(H,19,20,21)(H,22,23,24)/t12?,13-,16-/m1/s1. The molecule has 3 N–H and O–H groups in total. The maximum Gasteiger partial charge on any atom is 0.153 e. The molecule has 2 aliphatic rings. The zero-order valence-electron chi connectivity index (χ0n) is 14.7. The summed E-state index contributed by atoms with van der Waals surface area (Å²) in [6, 6.07) is 0. The van der Waals surface area contributed by atoms with Crippen molar-refractivity contribution in [3.63, 3.8) is 0 Å². The average Bonchev–Trinajstić information content (AvgIpc) is 3.10. The van der Waals surface area contributed by atoms with Gasteiger partial charge in [0.05, 0.1) is 6.10 Å². The number of H-pyrrole nitrogens is 1. The van der Waals surface area contributed by atoms with Gasteiger partial charge in [0, 0.05) is 29.6 Å². The molecule has 4 rings (SSSR count). The van der Waals surface area contributed by atoms with E-state index in [9.17, 15) is 5.11 Å². The van der Waals surface area contributed by atoms with Crippen LogP contribution in [0.4, 0.5) is 5.82 Å². The third-order valence-electron chi connectivity index (χ3n) is 5.54. The van der Waals surface area contributed by atoms with Gasteiger partial charge in [-0.2, -0.15) is 5.10 Å². The average molecular weight is 342 g/mol. The highest BCUT2D eigenvalue weighted by atomic mass is 16.3. The highest BCUT2D eigenvalue weighted by Crippen LogP contribution is 2.37. The smallest absolute Gasteiger partial charge is 0.153 e. The van der Waals surface area contributed by atoms with Crippen molar-refractivity contribution >= 4 is 5.82 Å². The van der Waals surface area contributed by atoms with Gasteiger partial charge in [0.15, 0.2) is 5.82 Å². The Bertz CT molecular complexity index is 730. The Hall–Kier alpha value is -2.02. The van der Waals surface area contributed by atoms with Crippen LogP contribution in [0.1, 0.15) is 60.9 Å². The van der Waals surface area contributed by atoms with E-state index < -0.39 is 0 Å². The lowest BCUT2D eigenvalue weighted by Crippen LogP contribution is -2.23. The molecule has 2 heterocycles. The van der Waals surface area contributed by atoms with Crippen molar-refractivity contribution in [3.05, 3.63) is 29.2 Å². The molecule has 1 fully saturated rings. The third kappa shape index (κ3) is 3.51. The van der Waals surface area contributed by atoms with Gasteiger partial charge in [0.25, 0.3) is 0 Å². The van der Waals surface area contributed by atoms with Gasteiger partial charge in [-0.3, -0.25) is 5.10 Å². The highest BCUT2D eigenvalue weighted by molar-refractivity contribution is 5.46. The Morgan fingerprint density at radius 2 is 2.08 bits per heavy atom. The number of aromatic nitrogens is 5. The van der Waals surface area contributed by atoms with Crippen LogP contribution in [0.2, 0.25) is 0 Å². The van der Waals surface area contributed by atoms with Crippen LogP contribution in [-0.4, -0.2) is 42.9 Å². The second kappa shape index (κ2) is 7.07. The van der Waals surface area contributed by atoms with Crippen LogP contribution in [0, 0.1) is 12.8 Å². The molecule has 7 nitrogen and oxygen atoms in total. The fourth-order valence-corrected chi connectivity index (χ4v) is 4.15. The first-order valence-corrected chi connectivity index (χ1v) is 9.34. The zero-order chi connectivity index (χ0) is 17.2. The lowest BCUT2D eigenvalue weighted by molar-refractivity contribution is 0.137. The van der Waals surface area contributed by atoms with Crippen molar-refractivity contribution in [2.45, 2.75) is 63.9 Å². The SMILES string of the molecule is Cc1nc(C2C[C@H](CNc3ncnc4c3CCCCC4)[C@H](O)C2)n[nH]1. The minimum atomic E-state index is -0.322. The molecule has 2 aromatic heterocycles. The van der Waals surface area contributed by atoms with Crippen LogP contribution in [0.15, 0.2) is 6.33 Å². The predicted octanol–water partition coefficient (Wildman–Crippen LogP) is 2.14. The van der Waals surface area contributed by atoms with Gasteiger partial charge in [-0.05, 0) is 45.4 Å². The quantitative estimate of drug-likeness (QED) is 0.736. The molecule has 0 aliphatic heterocycles. The van der Waals surface area contributed by atoms with E-state index >= 15 is 0 Å². The van der Waals surface area contributed by atoms with Crippen LogP contribution in [0.5, 0.6) is 0 Å². The number of fused-ring (bicyclic) bond motifs is 1. The summed E-state index contributed by atoms with van der Waals surface area (Å²) in [6.07, 6.45) is 8.73. The number of aromatic amines is 1. The van der Waals surface area contributed by atoms with Crippen LogP contribution in [0.3, 0.4) is 0 Å². The molecule has 7 heteroatoms. The van der Waals surface area contributed by atoms with E-state index in [4.69, 9.17) is 0 Å². The molecular formula is C18H26N6O. The first kappa shape index (κ1) is 16.4. The fraction of sp³-hybridized carbons (Fsp3) is 0.667. The second-order valence-corrected chi connectivity index (χ2v) is 7.36. The Balaban J connectivity index is 1.42. The normalized spacial score (nSPS) is 26.2. The van der Waals surface area contributed by atoms with Crippen molar-refractivity contribution in [1.29, 1.82) is 0 Å². The summed E-state index contributed by atoms with van der Waals surface area (Å²) in [5.41, 5.74) is 2.46. The molecule has 0 amide bonds. The largest absolute Gasteiger partial charge is 0.393 e. The number of aryl methyl sites for hydroxylation is 2. The molecule has 0 radical (unpaired) electrons. The van der Waals surface area contributed by atoms with Gasteiger partial charge in [0.2, 0.25) is 0 Å². The molecule has 0 bridgehead atoms. The summed E-state index contributed by atoms with van der Waals surface area (Å²) in [7, 11) is 0. The lowest BCUT2D eigenvalue weighted by Gasteiger charge is -2.17. The number of nitrogens with one attached hydrogen (secondary N) is 2. The van der Waals surface area contributed by atoms with Crippen LogP contribution in [-0.2, 0) is 12.8 Å². The molecular weight excluding hydrogens is 316 g/mol. The van der Waals surface area contributed by atoms with Crippen LogP contribution in [0.25, 0.3) is 0 Å². The molecule has 1 unspecified atom stereocenters. The first-order valence-electron chi connectivity index (χ1n) is 9.34. The van der Waals surface area contributed by atoms with E-state index in [-0.39, 0.29) is 17.9 Å². The van der Waals surface area contributed by atoms with Gasteiger partial charge in [-0.15, -0.1) is 0 Å². The van der Waals surface area contributed by atoms with E-state index in [1.54, 1.807) is 6.33 Å². The zero-order valence-corrected chi connectivity index (χ0v) is 14.7. The first-order chi connectivity index (χ1) is 12.2. The van der Waals surface area contributed by atoms with Gasteiger partial charge in [0.1, 0.15) is 18.0 Å². The molecule has 0 spiro atoms. The van der Waals surface area contributed by atoms with E-state index in [1.807, 2.05) is 6.92 Å². The second-order valence-electron chi connectivity index (χ2n) is 7.36. The molecule has 2 aliphatic carbocycles. The van der Waals surface area contributed by atoms with E-state index in [0.29, 0.717) is 0 Å². The monoisotopic (exact) mass is 342 g/mol. The van der Waals surface area contributed by atoms with Crippen LogP contribution >= 0.6 is 0 Å². The Labute approximate surface area is 147 Å². The van der Waals surface area contributed by atoms with Crippen molar-refractivity contribution in [1.82, 2.24) is 25.1 Å². The molecule has 2 aromatic rings. The topological polar surface area (TPSA) is 99.6 Å². The van der Waals surface area contributed by atoms with Crippen molar-refractivity contribution in [2.24, 2.45) is 5.92 Å². The molecule has 0 saturated heterocycles. The lowest BCUT2D eigenvalue weighted by atomic mass is 10.0. The number of hydrogen-bond donors (Lipinski definition) is 3. The summed E-state index contributed by atoms with van der Waals surface area (Å²) in [5, 5.41) is 21.1. The summed E-state index contributed by atoms with van der Waals surface area (Å²) in [4.78, 5) is 13.4. The minimum absolute atomic E-state index is 0.195. The Morgan fingerprint density at radius 1 is 1.20 bits per heavy atom. The van der Waals surface area contributed by atoms with Crippen molar-refractivity contribution < 1.29 is 5.11 Å². The van der Waals surface area contributed by atoms with Gasteiger partial charge in [-0.1, -0.05) is 6.42 Å². The van der Waals surface area contributed by atoms with E-state index in [2.05, 4.69) is 30.5 Å². The van der Waals surface area contributed by atoms with Gasteiger partial charge < -0.3 is 10.4 Å². The van der Waals surface area contributed by atoms with Gasteiger partial charge >= 0.3 is 0 Å². The van der Waals surface area contributed by atoms with Crippen molar-refractivity contribution in [3.8, 4) is 0 Å². The van der Waals surface area contributed by atoms with Crippen molar-refractivity contribution in [2.75, 3.05) is 11.9 Å². The fourth-order valence-electron chi connectivity index (χ4n) is 4.15. The molecule has 0 aromatic carbocycles. The third-order valence-corrected chi connectivity index (χ3v) is 5.54. The number of aliphatic hydroxyl groups excluding tert-OH is 1. The minimum Gasteiger partial charge on any atom is -0.393 e. The molecule has 25 heavy (non-hydrogen) atoms. The van der Waals surface area contributed by atoms with E-state index in [0.717, 1.165) is 49.7 Å². The summed E-state index contributed by atoms with van der Waals surface area (Å²) in [5.74, 6) is 3.04. The number of hydrogen-bond acceptors (Lipinski definition) is 6. The number of aliphatic hydroxyl groups is 1. The molecule has 3 atom stereocenters. The maximum absolute atomic E-state index is 10.5. The molecule has 1 saturated carbocycles. The number of nitrogens with zero attached hydrogens (tertiary/aromatic N) is 4. The Morgan fingerprint density at radius 3 is 2.92 bits per heavy atom. The summed E-state index contributed by atoms with van der Waals surface area (Å²) < 4.78 is 0. The summed E-state index contributed by atoms with van der Waals surface area (Å²) in [6.45, 7) is 2.63. The maximum atomic E-state index is 10.5. The number of rotatable bonds is 4. The molecule has 134 valence electrons. The van der Waals surface area contributed by atoms with E-state index in [1.165, 1.54) is 30.5 Å². The highest BCUT2D eigenvalue weighted by Gasteiger charge is 2.35. The summed E-state index contributed by atoms with van der Waals surface area (Å²) >= 11 is 0. The number of anilines is 1.